The van der Waals surface area contributed by atoms with Crippen molar-refractivity contribution in [3.05, 3.63) is 28.2 Å². The normalized spacial score (nSPS) is 13.6. The molecule has 1 atom stereocenters. The highest BCUT2D eigenvalue weighted by molar-refractivity contribution is 9.10. The summed E-state index contributed by atoms with van der Waals surface area (Å²) in [5.74, 6) is 0.572. The first kappa shape index (κ1) is 18.6. The Hall–Kier alpha value is -0.430. The second kappa shape index (κ2) is 8.27. The summed E-state index contributed by atoms with van der Waals surface area (Å²) in [6, 6.07) is 5.32. The van der Waals surface area contributed by atoms with Crippen molar-refractivity contribution in [2.45, 2.75) is 51.1 Å². The van der Waals surface area contributed by atoms with Crippen molar-refractivity contribution in [1.82, 2.24) is 10.0 Å². The zero-order valence-electron chi connectivity index (χ0n) is 13.1. The van der Waals surface area contributed by atoms with Gasteiger partial charge in [0.15, 0.2) is 0 Å². The minimum Gasteiger partial charge on any atom is -0.316 e. The molecule has 1 unspecified atom stereocenters. The number of halogens is 1. The van der Waals surface area contributed by atoms with Gasteiger partial charge in [-0.2, -0.15) is 0 Å². The Morgan fingerprint density at radius 3 is 2.43 bits per heavy atom. The number of rotatable bonds is 8. The van der Waals surface area contributed by atoms with Gasteiger partial charge >= 0.3 is 0 Å². The van der Waals surface area contributed by atoms with Crippen LogP contribution in [0.15, 0.2) is 27.6 Å². The van der Waals surface area contributed by atoms with E-state index in [1.807, 2.05) is 20.0 Å². The summed E-state index contributed by atoms with van der Waals surface area (Å²) >= 11 is 3.33. The Balaban J connectivity index is 2.89. The molecule has 0 aliphatic heterocycles. The first-order valence-electron chi connectivity index (χ1n) is 7.21. The van der Waals surface area contributed by atoms with Crippen LogP contribution in [0.25, 0.3) is 0 Å². The molecule has 1 rings (SSSR count). The molecule has 2 N–H and O–H groups in total. The van der Waals surface area contributed by atoms with E-state index in [0.717, 1.165) is 18.4 Å². The summed E-state index contributed by atoms with van der Waals surface area (Å²) in [6.07, 6.45) is 1.84. The van der Waals surface area contributed by atoms with Crippen molar-refractivity contribution >= 4 is 26.0 Å². The van der Waals surface area contributed by atoms with Gasteiger partial charge in [0.2, 0.25) is 10.0 Å². The topological polar surface area (TPSA) is 58.2 Å². The number of nitrogens with one attached hydrogen (secondary N) is 2. The molecular formula is C15H25BrN2O2S. The Morgan fingerprint density at radius 2 is 1.86 bits per heavy atom. The summed E-state index contributed by atoms with van der Waals surface area (Å²) in [4.78, 5) is 0.298. The molecule has 120 valence electrons. The monoisotopic (exact) mass is 376 g/mol. The van der Waals surface area contributed by atoms with Crippen molar-refractivity contribution in [2.24, 2.45) is 5.92 Å². The summed E-state index contributed by atoms with van der Waals surface area (Å²) < 4.78 is 28.4. The van der Waals surface area contributed by atoms with Crippen LogP contribution in [0.1, 0.15) is 39.2 Å². The molecule has 0 heterocycles. The highest BCUT2D eigenvalue weighted by Crippen LogP contribution is 2.24. The average Bonchev–Trinajstić information content (AvgIpc) is 2.38. The lowest BCUT2D eigenvalue weighted by atomic mass is 10.1. The van der Waals surface area contributed by atoms with E-state index in [4.69, 9.17) is 0 Å². The van der Waals surface area contributed by atoms with Gasteiger partial charge in [-0.1, -0.05) is 19.9 Å². The van der Waals surface area contributed by atoms with Crippen LogP contribution in [0.5, 0.6) is 0 Å². The van der Waals surface area contributed by atoms with Gasteiger partial charge in [-0.3, -0.25) is 0 Å². The van der Waals surface area contributed by atoms with Crippen LogP contribution in [0.4, 0.5) is 0 Å². The van der Waals surface area contributed by atoms with E-state index < -0.39 is 10.0 Å². The van der Waals surface area contributed by atoms with Gasteiger partial charge in [0.05, 0.1) is 4.90 Å². The van der Waals surface area contributed by atoms with Crippen LogP contribution in [0.2, 0.25) is 0 Å². The molecule has 0 saturated carbocycles. The summed E-state index contributed by atoms with van der Waals surface area (Å²) in [6.45, 7) is 6.82. The molecule has 1 aromatic rings. The number of hydrogen-bond donors (Lipinski definition) is 2. The van der Waals surface area contributed by atoms with Crippen molar-refractivity contribution in [3.63, 3.8) is 0 Å². The molecule has 0 radical (unpaired) electrons. The zero-order chi connectivity index (χ0) is 16.0. The van der Waals surface area contributed by atoms with Crippen LogP contribution >= 0.6 is 15.9 Å². The second-order valence-corrected chi connectivity index (χ2v) is 8.33. The molecule has 1 aromatic carbocycles. The minimum atomic E-state index is -3.50. The zero-order valence-corrected chi connectivity index (χ0v) is 15.5. The smallest absolute Gasteiger partial charge is 0.241 e. The van der Waals surface area contributed by atoms with Gasteiger partial charge in [-0.05, 0) is 66.4 Å². The lowest BCUT2D eigenvalue weighted by molar-refractivity contribution is 0.485. The molecule has 4 nitrogen and oxygen atoms in total. The minimum absolute atomic E-state index is 0.0720. The summed E-state index contributed by atoms with van der Waals surface area (Å²) in [5.41, 5.74) is 0.941. The third-order valence-electron chi connectivity index (χ3n) is 3.20. The molecule has 0 fully saturated rings. The molecule has 0 aromatic heterocycles. The van der Waals surface area contributed by atoms with Crippen molar-refractivity contribution in [2.75, 3.05) is 7.05 Å². The van der Waals surface area contributed by atoms with Crippen molar-refractivity contribution < 1.29 is 8.42 Å². The second-order valence-electron chi connectivity index (χ2n) is 5.79. The van der Waals surface area contributed by atoms with E-state index >= 15 is 0 Å². The van der Waals surface area contributed by atoms with Crippen LogP contribution < -0.4 is 10.0 Å². The Morgan fingerprint density at radius 1 is 1.19 bits per heavy atom. The fourth-order valence-corrected chi connectivity index (χ4v) is 4.33. The van der Waals surface area contributed by atoms with Gasteiger partial charge < -0.3 is 5.32 Å². The maximum absolute atomic E-state index is 12.5. The predicted octanol–water partition coefficient (Wildman–Crippen LogP) is 3.27. The van der Waals surface area contributed by atoms with Crippen LogP contribution in [0, 0.1) is 5.92 Å². The quantitative estimate of drug-likeness (QED) is 0.731. The Labute approximate surface area is 136 Å². The summed E-state index contributed by atoms with van der Waals surface area (Å²) in [7, 11) is -1.67. The number of hydrogen-bond acceptors (Lipinski definition) is 3. The number of benzene rings is 1. The molecular weight excluding hydrogens is 352 g/mol. The van der Waals surface area contributed by atoms with E-state index in [9.17, 15) is 8.42 Å². The van der Waals surface area contributed by atoms with E-state index in [1.165, 1.54) is 0 Å². The molecule has 21 heavy (non-hydrogen) atoms. The largest absolute Gasteiger partial charge is 0.316 e. The van der Waals surface area contributed by atoms with Crippen LogP contribution in [0.3, 0.4) is 0 Å². The van der Waals surface area contributed by atoms with E-state index in [1.54, 1.807) is 12.1 Å². The maximum Gasteiger partial charge on any atom is 0.241 e. The highest BCUT2D eigenvalue weighted by atomic mass is 79.9. The van der Waals surface area contributed by atoms with Gasteiger partial charge in [-0.25, -0.2) is 13.1 Å². The molecule has 0 saturated heterocycles. The Kier molecular flexibility index (Phi) is 7.33. The van der Waals surface area contributed by atoms with E-state index in [-0.39, 0.29) is 6.04 Å². The maximum atomic E-state index is 12.5. The van der Waals surface area contributed by atoms with E-state index in [0.29, 0.717) is 21.8 Å². The average molecular weight is 377 g/mol. The van der Waals surface area contributed by atoms with Gasteiger partial charge in [-0.15, -0.1) is 0 Å². The van der Waals surface area contributed by atoms with Crippen molar-refractivity contribution in [3.8, 4) is 0 Å². The van der Waals surface area contributed by atoms with Gasteiger partial charge in [0, 0.05) is 17.1 Å². The number of sulfonamides is 1. The fraction of sp³-hybridized carbons (Fsp3) is 0.600. The predicted molar refractivity (Wildman–Crippen MR) is 90.8 cm³/mol. The first-order chi connectivity index (χ1) is 9.76. The van der Waals surface area contributed by atoms with Crippen molar-refractivity contribution in [1.29, 1.82) is 0 Å². The molecule has 0 aliphatic carbocycles. The summed E-state index contributed by atoms with van der Waals surface area (Å²) in [5, 5.41) is 3.03. The highest BCUT2D eigenvalue weighted by Gasteiger charge is 2.20. The first-order valence-corrected chi connectivity index (χ1v) is 9.49. The lowest BCUT2D eigenvalue weighted by Crippen LogP contribution is -2.33. The van der Waals surface area contributed by atoms with Crippen LogP contribution in [-0.2, 0) is 16.6 Å². The fourth-order valence-electron chi connectivity index (χ4n) is 2.04. The standard InChI is InChI=1S/C15H25BrN2O2S/c1-11(2)5-6-12(3)18-21(19,20)15-9-13(10-17-4)7-8-14(15)16/h7-9,11-12,17-18H,5-6,10H2,1-4H3. The van der Waals surface area contributed by atoms with Gasteiger partial charge in [0.1, 0.15) is 0 Å². The lowest BCUT2D eigenvalue weighted by Gasteiger charge is -2.16. The third-order valence-corrected chi connectivity index (χ3v) is 5.78. The van der Waals surface area contributed by atoms with E-state index in [2.05, 4.69) is 39.8 Å². The molecule has 0 spiro atoms. The molecule has 0 amide bonds. The SMILES string of the molecule is CNCc1ccc(Br)c(S(=O)(=O)NC(C)CCC(C)C)c1. The molecule has 6 heteroatoms. The molecule has 0 aliphatic rings. The van der Waals surface area contributed by atoms with Gasteiger partial charge in [0.25, 0.3) is 0 Å². The molecule has 0 bridgehead atoms. The Bertz CT molecular complexity index is 559. The third kappa shape index (κ3) is 6.06. The van der Waals surface area contributed by atoms with Crippen LogP contribution in [-0.4, -0.2) is 21.5 Å².